The summed E-state index contributed by atoms with van der Waals surface area (Å²) in [5, 5.41) is 17.1. The summed E-state index contributed by atoms with van der Waals surface area (Å²) >= 11 is 0. The monoisotopic (exact) mass is 539 g/mol. The van der Waals surface area contributed by atoms with Gasteiger partial charge in [0.05, 0.1) is 12.5 Å². The van der Waals surface area contributed by atoms with E-state index in [0.717, 1.165) is 5.56 Å². The first-order valence-electron chi connectivity index (χ1n) is 12.7. The quantitative estimate of drug-likeness (QED) is 0.187. The van der Waals surface area contributed by atoms with Gasteiger partial charge in [-0.25, -0.2) is 4.79 Å². The van der Waals surface area contributed by atoms with Crippen LogP contribution < -0.4 is 27.4 Å². The number of benzene rings is 2. The number of primary amides is 1. The van der Waals surface area contributed by atoms with Gasteiger partial charge in [0.2, 0.25) is 23.6 Å². The lowest BCUT2D eigenvalue weighted by molar-refractivity contribution is -0.143. The first-order valence-corrected chi connectivity index (χ1v) is 12.7. The molecule has 210 valence electrons. The minimum Gasteiger partial charge on any atom is -0.480 e. The van der Waals surface area contributed by atoms with E-state index in [2.05, 4.69) is 16.0 Å². The average Bonchev–Trinajstić information content (AvgIpc) is 2.88. The molecule has 11 nitrogen and oxygen atoms in total. The van der Waals surface area contributed by atoms with E-state index in [1.807, 2.05) is 19.9 Å². The van der Waals surface area contributed by atoms with Gasteiger partial charge in [-0.3, -0.25) is 19.2 Å². The van der Waals surface area contributed by atoms with Crippen LogP contribution in [0.4, 0.5) is 0 Å². The normalized spacial score (nSPS) is 13.9. The van der Waals surface area contributed by atoms with Crippen molar-refractivity contribution in [3.63, 3.8) is 0 Å². The highest BCUT2D eigenvalue weighted by molar-refractivity contribution is 5.96. The van der Waals surface area contributed by atoms with Crippen LogP contribution in [0.2, 0.25) is 0 Å². The topological polar surface area (TPSA) is 194 Å². The molecule has 0 fully saturated rings. The second kappa shape index (κ2) is 15.2. The summed E-state index contributed by atoms with van der Waals surface area (Å²) < 4.78 is 0. The van der Waals surface area contributed by atoms with Crippen LogP contribution in [-0.4, -0.2) is 58.9 Å². The minimum atomic E-state index is -1.39. The van der Waals surface area contributed by atoms with Crippen LogP contribution in [0.15, 0.2) is 60.7 Å². The van der Waals surface area contributed by atoms with Crippen molar-refractivity contribution in [2.24, 2.45) is 17.4 Å². The number of carbonyl (C=O) groups excluding carboxylic acids is 4. The Labute approximate surface area is 227 Å². The molecular formula is C28H37N5O6. The summed E-state index contributed by atoms with van der Waals surface area (Å²) in [6.07, 6.45) is -0.104. The number of amides is 4. The maximum Gasteiger partial charge on any atom is 0.326 e. The van der Waals surface area contributed by atoms with Gasteiger partial charge < -0.3 is 32.5 Å². The molecule has 0 saturated carbocycles. The Bertz CT molecular complexity index is 1130. The zero-order chi connectivity index (χ0) is 28.9. The van der Waals surface area contributed by atoms with Crippen molar-refractivity contribution in [3.05, 3.63) is 71.8 Å². The summed E-state index contributed by atoms with van der Waals surface area (Å²) in [4.78, 5) is 62.6. The zero-order valence-corrected chi connectivity index (χ0v) is 22.1. The molecule has 0 aromatic heterocycles. The van der Waals surface area contributed by atoms with E-state index in [1.165, 1.54) is 0 Å². The third-order valence-corrected chi connectivity index (χ3v) is 5.91. The molecule has 2 aromatic carbocycles. The predicted octanol–water partition coefficient (Wildman–Crippen LogP) is 0.260. The van der Waals surface area contributed by atoms with E-state index < -0.39 is 60.2 Å². The summed E-state index contributed by atoms with van der Waals surface area (Å²) in [5.74, 6) is -4.28. The van der Waals surface area contributed by atoms with E-state index in [9.17, 15) is 29.1 Å². The molecule has 0 aliphatic rings. The molecule has 8 N–H and O–H groups in total. The SMILES string of the molecule is CC(C)CC(NC(=O)C(Cc1ccccc1)NC(=O)C(CC(N)=O)NC(=O)C(N)Cc1ccccc1)C(=O)O. The minimum absolute atomic E-state index is 0.0104. The molecule has 11 heteroatoms. The lowest BCUT2D eigenvalue weighted by Crippen LogP contribution is -2.58. The Kier molecular flexibility index (Phi) is 12.1. The molecule has 0 radical (unpaired) electrons. The second-order valence-electron chi connectivity index (χ2n) is 9.81. The van der Waals surface area contributed by atoms with Crippen molar-refractivity contribution in [1.82, 2.24) is 16.0 Å². The van der Waals surface area contributed by atoms with Crippen molar-refractivity contribution in [2.75, 3.05) is 0 Å². The number of aliphatic carboxylic acids is 1. The van der Waals surface area contributed by atoms with Crippen LogP contribution in [0.1, 0.15) is 37.8 Å². The highest BCUT2D eigenvalue weighted by Crippen LogP contribution is 2.09. The fourth-order valence-electron chi connectivity index (χ4n) is 3.95. The molecule has 2 aromatic rings. The number of carboxylic acids is 1. The number of hydrogen-bond acceptors (Lipinski definition) is 6. The van der Waals surface area contributed by atoms with Crippen LogP contribution in [0.3, 0.4) is 0 Å². The maximum atomic E-state index is 13.2. The number of carbonyl (C=O) groups is 5. The van der Waals surface area contributed by atoms with Gasteiger partial charge in [-0.05, 0) is 29.9 Å². The first-order chi connectivity index (χ1) is 18.5. The molecule has 0 aliphatic carbocycles. The lowest BCUT2D eigenvalue weighted by Gasteiger charge is -2.25. The number of rotatable bonds is 15. The van der Waals surface area contributed by atoms with Crippen molar-refractivity contribution in [3.8, 4) is 0 Å². The van der Waals surface area contributed by atoms with Gasteiger partial charge >= 0.3 is 5.97 Å². The summed E-state index contributed by atoms with van der Waals surface area (Å²) in [5.41, 5.74) is 12.9. The lowest BCUT2D eigenvalue weighted by atomic mass is 10.0. The van der Waals surface area contributed by atoms with E-state index in [4.69, 9.17) is 11.5 Å². The van der Waals surface area contributed by atoms with E-state index >= 15 is 0 Å². The molecule has 0 spiro atoms. The Hall–Kier alpha value is -4.25. The van der Waals surface area contributed by atoms with Crippen LogP contribution in [0.25, 0.3) is 0 Å². The molecule has 0 bridgehead atoms. The number of hydrogen-bond donors (Lipinski definition) is 6. The second-order valence-corrected chi connectivity index (χ2v) is 9.81. The first kappa shape index (κ1) is 31.0. The van der Waals surface area contributed by atoms with Crippen molar-refractivity contribution < 1.29 is 29.1 Å². The van der Waals surface area contributed by atoms with Gasteiger partial charge in [0.25, 0.3) is 0 Å². The maximum absolute atomic E-state index is 13.2. The molecule has 0 saturated heterocycles. The highest BCUT2D eigenvalue weighted by Gasteiger charge is 2.31. The highest BCUT2D eigenvalue weighted by atomic mass is 16.4. The smallest absolute Gasteiger partial charge is 0.326 e. The van der Waals surface area contributed by atoms with E-state index in [1.54, 1.807) is 54.6 Å². The fraction of sp³-hybridized carbons (Fsp3) is 0.393. The van der Waals surface area contributed by atoms with Crippen LogP contribution in [-0.2, 0) is 36.8 Å². The Morgan fingerprint density at radius 3 is 1.67 bits per heavy atom. The van der Waals surface area contributed by atoms with Crippen LogP contribution in [0.5, 0.6) is 0 Å². The van der Waals surface area contributed by atoms with Gasteiger partial charge in [0.1, 0.15) is 18.1 Å². The Morgan fingerprint density at radius 2 is 1.18 bits per heavy atom. The molecule has 2 rings (SSSR count). The molecule has 0 aliphatic heterocycles. The Balaban J connectivity index is 2.20. The predicted molar refractivity (Wildman–Crippen MR) is 145 cm³/mol. The fourth-order valence-corrected chi connectivity index (χ4v) is 3.95. The third-order valence-electron chi connectivity index (χ3n) is 5.91. The van der Waals surface area contributed by atoms with Gasteiger partial charge in [0.15, 0.2) is 0 Å². The van der Waals surface area contributed by atoms with Crippen LogP contribution in [0, 0.1) is 5.92 Å². The molecule has 4 unspecified atom stereocenters. The molecule has 39 heavy (non-hydrogen) atoms. The number of carboxylic acid groups (broad SMARTS) is 1. The summed E-state index contributed by atoms with van der Waals surface area (Å²) in [6.45, 7) is 3.65. The average molecular weight is 540 g/mol. The zero-order valence-electron chi connectivity index (χ0n) is 22.1. The standard InChI is InChI=1S/C28H37N5O6/c1-17(2)13-23(28(38)39)33-26(36)21(15-19-11-7-4-8-12-19)32-27(37)22(16-24(30)34)31-25(35)20(29)14-18-9-5-3-6-10-18/h3-12,17,20-23H,13-16,29H2,1-2H3,(H2,30,34)(H,31,35)(H,32,37)(H,33,36)(H,38,39). The van der Waals surface area contributed by atoms with E-state index in [-0.39, 0.29) is 25.2 Å². The van der Waals surface area contributed by atoms with Gasteiger partial charge in [-0.15, -0.1) is 0 Å². The van der Waals surface area contributed by atoms with Crippen LogP contribution >= 0.6 is 0 Å². The number of nitrogens with two attached hydrogens (primary N) is 2. The molecule has 4 amide bonds. The number of nitrogens with one attached hydrogen (secondary N) is 3. The summed E-state index contributed by atoms with van der Waals surface area (Å²) in [7, 11) is 0. The molecule has 0 heterocycles. The molecular weight excluding hydrogens is 502 g/mol. The van der Waals surface area contributed by atoms with Crippen molar-refractivity contribution in [2.45, 2.75) is 63.7 Å². The van der Waals surface area contributed by atoms with Gasteiger partial charge in [0, 0.05) is 6.42 Å². The Morgan fingerprint density at radius 1 is 0.718 bits per heavy atom. The van der Waals surface area contributed by atoms with Gasteiger partial charge in [-0.2, -0.15) is 0 Å². The summed E-state index contributed by atoms with van der Waals surface area (Å²) in [6, 6.07) is 13.1. The van der Waals surface area contributed by atoms with Crippen molar-refractivity contribution in [1.29, 1.82) is 0 Å². The largest absolute Gasteiger partial charge is 0.480 e. The third kappa shape index (κ3) is 10.9. The van der Waals surface area contributed by atoms with E-state index in [0.29, 0.717) is 5.56 Å². The van der Waals surface area contributed by atoms with Gasteiger partial charge in [-0.1, -0.05) is 74.5 Å². The molecule has 4 atom stereocenters. The van der Waals surface area contributed by atoms with Crippen molar-refractivity contribution >= 4 is 29.6 Å².